The molecule has 127 valence electrons. The van der Waals surface area contributed by atoms with E-state index >= 15 is 0 Å². The molecule has 1 heteroatoms. The van der Waals surface area contributed by atoms with Crippen molar-refractivity contribution in [3.63, 3.8) is 0 Å². The molecule has 23 heavy (non-hydrogen) atoms. The summed E-state index contributed by atoms with van der Waals surface area (Å²) in [5.74, 6) is 0. The predicted octanol–water partition coefficient (Wildman–Crippen LogP) is 7.13. The molecule has 2 saturated carbocycles. The van der Waals surface area contributed by atoms with Crippen LogP contribution in [0.2, 0.25) is 12.3 Å². The van der Waals surface area contributed by atoms with Crippen molar-refractivity contribution < 1.29 is 0 Å². The first-order valence-electron chi connectivity index (χ1n) is 10.1. The van der Waals surface area contributed by atoms with E-state index in [-0.39, 0.29) is 0 Å². The molecule has 1 radical (unpaired) electrons. The molecular formula is C22H35Sn. The monoisotopic (exact) mass is 419 g/mol. The fourth-order valence-electron chi connectivity index (χ4n) is 5.07. The molecule has 2 aliphatic rings. The summed E-state index contributed by atoms with van der Waals surface area (Å²) in [6, 6.07) is 11.4. The second-order valence-electron chi connectivity index (χ2n) is 8.67. The Kier molecular flexibility index (Phi) is 6.52. The van der Waals surface area contributed by atoms with Crippen LogP contribution in [0, 0.1) is 0 Å². The van der Waals surface area contributed by atoms with E-state index in [1.807, 2.05) is 0 Å². The number of hydrogen-bond donors (Lipinski definition) is 0. The van der Waals surface area contributed by atoms with Gasteiger partial charge in [-0.05, 0) is 0 Å². The van der Waals surface area contributed by atoms with Crippen LogP contribution in [-0.2, 0) is 5.41 Å². The van der Waals surface area contributed by atoms with E-state index in [1.165, 1.54) is 46.4 Å². The van der Waals surface area contributed by atoms with Gasteiger partial charge in [0, 0.05) is 0 Å². The number of hydrogen-bond acceptors (Lipinski definition) is 0. The molecule has 3 rings (SSSR count). The Bertz CT molecular complexity index is 434. The van der Waals surface area contributed by atoms with Crippen LogP contribution < -0.4 is 0 Å². The average Bonchev–Trinajstić information content (AvgIpc) is 2.62. The van der Waals surface area contributed by atoms with Crippen LogP contribution in [0.4, 0.5) is 0 Å². The maximum absolute atomic E-state index is 2.54. The topological polar surface area (TPSA) is 0 Å². The third kappa shape index (κ3) is 4.77. The second kappa shape index (κ2) is 8.41. The Labute approximate surface area is 151 Å². The Morgan fingerprint density at radius 3 is 1.74 bits per heavy atom. The van der Waals surface area contributed by atoms with Gasteiger partial charge < -0.3 is 0 Å². The van der Waals surface area contributed by atoms with E-state index in [2.05, 4.69) is 44.2 Å². The molecule has 1 aromatic carbocycles. The zero-order chi connectivity index (χ0) is 16.1. The van der Waals surface area contributed by atoms with Crippen LogP contribution in [0.5, 0.6) is 0 Å². The van der Waals surface area contributed by atoms with Gasteiger partial charge in [0.2, 0.25) is 0 Å². The SMILES string of the molecule is CC(C)([CH2][Sn]([CH]1CCCCC1)[CH]1CCCCC1)c1ccccc1. The third-order valence-electron chi connectivity index (χ3n) is 6.46. The fraction of sp³-hybridized carbons (Fsp3) is 0.727. The summed E-state index contributed by atoms with van der Waals surface area (Å²) < 4.78 is 4.00. The van der Waals surface area contributed by atoms with Crippen LogP contribution in [0.1, 0.15) is 83.6 Å². The van der Waals surface area contributed by atoms with E-state index in [0.717, 1.165) is 0 Å². The van der Waals surface area contributed by atoms with Gasteiger partial charge in [0.1, 0.15) is 0 Å². The van der Waals surface area contributed by atoms with Crippen LogP contribution in [0.3, 0.4) is 0 Å². The fourth-order valence-corrected chi connectivity index (χ4v) is 18.7. The van der Waals surface area contributed by atoms with Gasteiger partial charge in [-0.2, -0.15) is 0 Å². The van der Waals surface area contributed by atoms with Gasteiger partial charge in [-0.1, -0.05) is 0 Å². The van der Waals surface area contributed by atoms with Gasteiger partial charge in [-0.3, -0.25) is 0 Å². The van der Waals surface area contributed by atoms with Gasteiger partial charge in [-0.25, -0.2) is 0 Å². The van der Waals surface area contributed by atoms with Gasteiger partial charge in [0.05, 0.1) is 0 Å². The van der Waals surface area contributed by atoms with Gasteiger partial charge in [0.25, 0.3) is 0 Å². The van der Waals surface area contributed by atoms with Crippen molar-refractivity contribution in [2.45, 2.75) is 95.8 Å². The second-order valence-corrected chi connectivity index (χ2v) is 17.6. The first-order valence-corrected chi connectivity index (χ1v) is 15.4. The Balaban J connectivity index is 1.76. The summed E-state index contributed by atoms with van der Waals surface area (Å²) in [4.78, 5) is 0. The van der Waals surface area contributed by atoms with Crippen molar-refractivity contribution in [2.24, 2.45) is 0 Å². The Morgan fingerprint density at radius 1 is 0.783 bits per heavy atom. The van der Waals surface area contributed by atoms with Crippen molar-refractivity contribution in [1.82, 2.24) is 0 Å². The summed E-state index contributed by atoms with van der Waals surface area (Å²) in [7, 11) is 0. The van der Waals surface area contributed by atoms with Gasteiger partial charge in [0.15, 0.2) is 0 Å². The molecule has 0 N–H and O–H groups in total. The summed E-state index contributed by atoms with van der Waals surface area (Å²) >= 11 is -1.38. The Morgan fingerprint density at radius 2 is 1.26 bits per heavy atom. The quantitative estimate of drug-likeness (QED) is 0.447. The first kappa shape index (κ1) is 17.8. The summed E-state index contributed by atoms with van der Waals surface area (Å²) in [6.07, 6.45) is 15.5. The van der Waals surface area contributed by atoms with Crippen LogP contribution in [0.15, 0.2) is 30.3 Å². The summed E-state index contributed by atoms with van der Waals surface area (Å²) in [6.45, 7) is 5.07. The molecule has 0 aliphatic heterocycles. The normalized spacial score (nSPS) is 21.7. The van der Waals surface area contributed by atoms with E-state index in [4.69, 9.17) is 0 Å². The third-order valence-corrected chi connectivity index (χ3v) is 19.4. The molecule has 1 aromatic rings. The van der Waals surface area contributed by atoms with Crippen molar-refractivity contribution in [3.05, 3.63) is 35.9 Å². The summed E-state index contributed by atoms with van der Waals surface area (Å²) in [5.41, 5.74) is 2.00. The predicted molar refractivity (Wildman–Crippen MR) is 104 cm³/mol. The molecule has 0 bridgehead atoms. The number of rotatable bonds is 5. The molecule has 0 nitrogen and oxygen atoms in total. The molecule has 0 spiro atoms. The molecule has 0 saturated heterocycles. The molecule has 0 aromatic heterocycles. The van der Waals surface area contributed by atoms with Crippen molar-refractivity contribution >= 4 is 19.8 Å². The van der Waals surface area contributed by atoms with Crippen molar-refractivity contribution in [3.8, 4) is 0 Å². The molecule has 2 fully saturated rings. The van der Waals surface area contributed by atoms with Gasteiger partial charge >= 0.3 is 151 Å². The van der Waals surface area contributed by atoms with E-state index in [9.17, 15) is 0 Å². The van der Waals surface area contributed by atoms with Gasteiger partial charge in [-0.15, -0.1) is 0 Å². The molecule has 0 amide bonds. The molecule has 0 atom stereocenters. The average molecular weight is 418 g/mol. The zero-order valence-electron chi connectivity index (χ0n) is 15.3. The van der Waals surface area contributed by atoms with Crippen molar-refractivity contribution in [1.29, 1.82) is 0 Å². The minimum atomic E-state index is -1.38. The van der Waals surface area contributed by atoms with E-state index in [1.54, 1.807) is 35.7 Å². The first-order chi connectivity index (χ1) is 11.2. The summed E-state index contributed by atoms with van der Waals surface area (Å²) in [5, 5.41) is 0. The van der Waals surface area contributed by atoms with Crippen LogP contribution in [0.25, 0.3) is 0 Å². The Hall–Kier alpha value is 0.0187. The molecular weight excluding hydrogens is 383 g/mol. The standard InChI is InChI=1S/C10H13.2C6H11.Sn/c1-10(2,3)9-7-5-4-6-8-9;2*1-2-4-6-5-3-1;/h4-8H,1H2,2-3H3;2*1H,2-6H2;. The van der Waals surface area contributed by atoms with E-state index < -0.39 is 19.8 Å². The maximum atomic E-state index is 2.54. The van der Waals surface area contributed by atoms with E-state index in [0.29, 0.717) is 5.41 Å². The van der Waals surface area contributed by atoms with Crippen molar-refractivity contribution in [2.75, 3.05) is 0 Å². The van der Waals surface area contributed by atoms with Crippen LogP contribution in [-0.4, -0.2) is 19.8 Å². The molecule has 2 aliphatic carbocycles. The van der Waals surface area contributed by atoms with Crippen LogP contribution >= 0.6 is 0 Å². The molecule has 0 unspecified atom stereocenters. The number of benzene rings is 1. The zero-order valence-corrected chi connectivity index (χ0v) is 18.2. The minimum absolute atomic E-state index is 0.408. The molecule has 0 heterocycles.